The van der Waals surface area contributed by atoms with Gasteiger partial charge in [-0.15, -0.1) is 0 Å². The molecule has 1 aliphatic carbocycles. The SMILES string of the molecule is CS(=O)(=O)c1ccc(F)c(S(=O)(=O)NCCC2CC2)c1. The first-order chi connectivity index (χ1) is 9.20. The van der Waals surface area contributed by atoms with E-state index in [2.05, 4.69) is 4.72 Å². The first-order valence-corrected chi connectivity index (χ1v) is 9.57. The summed E-state index contributed by atoms with van der Waals surface area (Å²) in [6.45, 7) is 0.232. The fraction of sp³-hybridized carbons (Fsp3) is 0.500. The highest BCUT2D eigenvalue weighted by atomic mass is 32.2. The molecule has 0 spiro atoms. The van der Waals surface area contributed by atoms with Gasteiger partial charge in [-0.05, 0) is 30.5 Å². The molecule has 0 heterocycles. The van der Waals surface area contributed by atoms with Crippen LogP contribution in [-0.2, 0) is 19.9 Å². The molecule has 0 amide bonds. The maximum absolute atomic E-state index is 13.6. The van der Waals surface area contributed by atoms with E-state index in [-0.39, 0.29) is 11.4 Å². The van der Waals surface area contributed by atoms with Crippen LogP contribution in [-0.4, -0.2) is 29.6 Å². The van der Waals surface area contributed by atoms with Gasteiger partial charge in [-0.1, -0.05) is 12.8 Å². The van der Waals surface area contributed by atoms with Crippen LogP contribution in [0.4, 0.5) is 4.39 Å². The summed E-state index contributed by atoms with van der Waals surface area (Å²) in [6.07, 6.45) is 3.85. The van der Waals surface area contributed by atoms with E-state index in [9.17, 15) is 21.2 Å². The van der Waals surface area contributed by atoms with Crippen molar-refractivity contribution in [3.05, 3.63) is 24.0 Å². The molecular formula is C12H16FNO4S2. The van der Waals surface area contributed by atoms with Crippen LogP contribution >= 0.6 is 0 Å². The zero-order valence-corrected chi connectivity index (χ0v) is 12.6. The monoisotopic (exact) mass is 321 g/mol. The van der Waals surface area contributed by atoms with Crippen molar-refractivity contribution in [2.75, 3.05) is 12.8 Å². The highest BCUT2D eigenvalue weighted by Gasteiger charge is 2.24. The predicted molar refractivity (Wildman–Crippen MR) is 72.0 cm³/mol. The van der Waals surface area contributed by atoms with Gasteiger partial charge in [0.15, 0.2) is 9.84 Å². The zero-order chi connectivity index (χ0) is 15.0. The van der Waals surface area contributed by atoms with Gasteiger partial charge in [-0.3, -0.25) is 0 Å². The number of nitrogens with one attached hydrogen (secondary N) is 1. The number of halogens is 1. The van der Waals surface area contributed by atoms with E-state index >= 15 is 0 Å². The summed E-state index contributed by atoms with van der Waals surface area (Å²) in [5, 5.41) is 0. The number of hydrogen-bond donors (Lipinski definition) is 1. The molecule has 8 heteroatoms. The molecule has 1 saturated carbocycles. The number of rotatable bonds is 6. The van der Waals surface area contributed by atoms with Crippen LogP contribution in [0.3, 0.4) is 0 Å². The first kappa shape index (κ1) is 15.4. The van der Waals surface area contributed by atoms with Gasteiger partial charge in [0.2, 0.25) is 10.0 Å². The molecule has 1 fully saturated rings. The van der Waals surface area contributed by atoms with E-state index in [0.29, 0.717) is 12.3 Å². The van der Waals surface area contributed by atoms with Crippen molar-refractivity contribution in [2.45, 2.75) is 29.1 Å². The third-order valence-corrected chi connectivity index (χ3v) is 5.75. The molecule has 0 unspecified atom stereocenters. The zero-order valence-electron chi connectivity index (χ0n) is 11.0. The molecule has 2 rings (SSSR count). The molecule has 1 aromatic rings. The minimum absolute atomic E-state index is 0.221. The molecule has 1 aliphatic rings. The van der Waals surface area contributed by atoms with Crippen LogP contribution in [0.25, 0.3) is 0 Å². The highest BCUT2D eigenvalue weighted by molar-refractivity contribution is 7.91. The Balaban J connectivity index is 2.24. The molecule has 1 aromatic carbocycles. The van der Waals surface area contributed by atoms with Crippen LogP contribution in [0, 0.1) is 11.7 Å². The number of sulfonamides is 1. The summed E-state index contributed by atoms with van der Waals surface area (Å²) < 4.78 is 62.7. The van der Waals surface area contributed by atoms with Crippen molar-refractivity contribution in [1.29, 1.82) is 0 Å². The van der Waals surface area contributed by atoms with Gasteiger partial charge in [-0.25, -0.2) is 25.9 Å². The van der Waals surface area contributed by atoms with E-state index in [4.69, 9.17) is 0 Å². The van der Waals surface area contributed by atoms with E-state index in [1.165, 1.54) is 0 Å². The van der Waals surface area contributed by atoms with Crippen molar-refractivity contribution in [3.63, 3.8) is 0 Å². The molecule has 1 N–H and O–H groups in total. The van der Waals surface area contributed by atoms with Gasteiger partial charge in [0, 0.05) is 12.8 Å². The summed E-state index contributed by atoms with van der Waals surface area (Å²) in [4.78, 5) is -0.849. The molecule has 0 atom stereocenters. The lowest BCUT2D eigenvalue weighted by atomic mass is 10.3. The Morgan fingerprint density at radius 2 is 1.90 bits per heavy atom. The quantitative estimate of drug-likeness (QED) is 0.801. The summed E-state index contributed by atoms with van der Waals surface area (Å²) in [5.74, 6) is -0.416. The summed E-state index contributed by atoms with van der Waals surface area (Å²) in [7, 11) is -7.62. The number of hydrogen-bond acceptors (Lipinski definition) is 4. The van der Waals surface area contributed by atoms with E-state index in [1.807, 2.05) is 0 Å². The molecule has 0 aliphatic heterocycles. The Kier molecular flexibility index (Phi) is 4.17. The van der Waals surface area contributed by atoms with Crippen LogP contribution in [0.5, 0.6) is 0 Å². The second-order valence-electron chi connectivity index (χ2n) is 4.99. The molecule has 0 radical (unpaired) electrons. The third-order valence-electron chi connectivity index (χ3n) is 3.16. The Morgan fingerprint density at radius 1 is 1.25 bits per heavy atom. The minimum Gasteiger partial charge on any atom is -0.224 e. The second-order valence-corrected chi connectivity index (χ2v) is 8.75. The normalized spacial score (nSPS) is 16.3. The van der Waals surface area contributed by atoms with Crippen LogP contribution in [0.1, 0.15) is 19.3 Å². The lowest BCUT2D eigenvalue weighted by Gasteiger charge is -2.08. The average molecular weight is 321 g/mol. The smallest absolute Gasteiger partial charge is 0.224 e. The maximum Gasteiger partial charge on any atom is 0.243 e. The van der Waals surface area contributed by atoms with Gasteiger partial charge < -0.3 is 0 Å². The van der Waals surface area contributed by atoms with Crippen molar-refractivity contribution in [3.8, 4) is 0 Å². The lowest BCUT2D eigenvalue weighted by molar-refractivity contribution is 0.551. The van der Waals surface area contributed by atoms with Gasteiger partial charge >= 0.3 is 0 Å². The van der Waals surface area contributed by atoms with Crippen molar-refractivity contribution in [2.24, 2.45) is 5.92 Å². The average Bonchev–Trinajstić information content (AvgIpc) is 3.11. The predicted octanol–water partition coefficient (Wildman–Crippen LogP) is 1.31. The standard InChI is InChI=1S/C12H16FNO4S2/c1-19(15,16)10-4-5-11(13)12(8-10)20(17,18)14-7-6-9-2-3-9/h4-5,8-9,14H,2-3,6-7H2,1H3. The van der Waals surface area contributed by atoms with Crippen LogP contribution in [0.15, 0.2) is 28.0 Å². The fourth-order valence-electron chi connectivity index (χ4n) is 1.80. The van der Waals surface area contributed by atoms with Crippen molar-refractivity contribution < 1.29 is 21.2 Å². The minimum atomic E-state index is -4.03. The Labute approximate surface area is 118 Å². The number of sulfone groups is 1. The Morgan fingerprint density at radius 3 is 2.45 bits per heavy atom. The molecule has 112 valence electrons. The second kappa shape index (κ2) is 5.42. The summed E-state index contributed by atoms with van der Waals surface area (Å²) >= 11 is 0. The number of benzene rings is 1. The molecule has 5 nitrogen and oxygen atoms in total. The van der Waals surface area contributed by atoms with Gasteiger partial charge in [0.25, 0.3) is 0 Å². The van der Waals surface area contributed by atoms with E-state index in [0.717, 1.165) is 37.3 Å². The van der Waals surface area contributed by atoms with E-state index < -0.39 is 30.6 Å². The molecule has 20 heavy (non-hydrogen) atoms. The van der Waals surface area contributed by atoms with E-state index in [1.54, 1.807) is 0 Å². The third kappa shape index (κ3) is 3.77. The van der Waals surface area contributed by atoms with Crippen LogP contribution < -0.4 is 4.72 Å². The van der Waals surface area contributed by atoms with Gasteiger partial charge in [0.05, 0.1) is 4.90 Å². The van der Waals surface area contributed by atoms with Crippen molar-refractivity contribution in [1.82, 2.24) is 4.72 Å². The van der Waals surface area contributed by atoms with Crippen LogP contribution in [0.2, 0.25) is 0 Å². The fourth-order valence-corrected chi connectivity index (χ4v) is 3.67. The Bertz CT molecular complexity index is 709. The highest BCUT2D eigenvalue weighted by Crippen LogP contribution is 2.31. The van der Waals surface area contributed by atoms with Gasteiger partial charge in [0.1, 0.15) is 10.7 Å². The first-order valence-electron chi connectivity index (χ1n) is 6.19. The van der Waals surface area contributed by atoms with Crippen molar-refractivity contribution >= 4 is 19.9 Å². The molecular weight excluding hydrogens is 305 g/mol. The molecule has 0 bridgehead atoms. The summed E-state index contributed by atoms with van der Waals surface area (Å²) in [6, 6.07) is 2.75. The molecule has 0 saturated heterocycles. The van der Waals surface area contributed by atoms with Gasteiger partial charge in [-0.2, -0.15) is 0 Å². The maximum atomic E-state index is 13.6. The summed E-state index contributed by atoms with van der Waals surface area (Å²) in [5.41, 5.74) is 0. The lowest BCUT2D eigenvalue weighted by Crippen LogP contribution is -2.26. The molecule has 0 aromatic heterocycles. The largest absolute Gasteiger partial charge is 0.243 e. The topological polar surface area (TPSA) is 80.3 Å². The Hall–Kier alpha value is -0.990.